The van der Waals surface area contributed by atoms with Crippen molar-refractivity contribution in [3.05, 3.63) is 27.7 Å². The summed E-state index contributed by atoms with van der Waals surface area (Å²) < 4.78 is 30.2. The fourth-order valence-electron chi connectivity index (χ4n) is 1.04. The Morgan fingerprint density at radius 2 is 2.18 bits per heavy atom. The van der Waals surface area contributed by atoms with Crippen LogP contribution in [0.25, 0.3) is 0 Å². The second-order valence-corrected chi connectivity index (χ2v) is 6.55. The summed E-state index contributed by atoms with van der Waals surface area (Å²) in [5.41, 5.74) is 0. The van der Waals surface area contributed by atoms with Crippen LogP contribution in [0.1, 0.15) is 0 Å². The van der Waals surface area contributed by atoms with Crippen molar-refractivity contribution < 1.29 is 8.42 Å². The van der Waals surface area contributed by atoms with Gasteiger partial charge in [-0.1, -0.05) is 37.1 Å². The maximum atomic E-state index is 11.9. The van der Waals surface area contributed by atoms with Crippen LogP contribution in [0.4, 0.5) is 5.13 Å². The normalized spacial score (nSPS) is 11.4. The average molecular weight is 356 g/mol. The van der Waals surface area contributed by atoms with Gasteiger partial charge < -0.3 is 0 Å². The number of anilines is 1. The van der Waals surface area contributed by atoms with Gasteiger partial charge in [0, 0.05) is 16.0 Å². The SMILES string of the molecule is O=S(=O)(Nc1nnns1)c1ccc(Br)cc1Cl. The van der Waals surface area contributed by atoms with E-state index in [1.165, 1.54) is 12.1 Å². The molecule has 0 atom stereocenters. The van der Waals surface area contributed by atoms with Crippen molar-refractivity contribution in [3.8, 4) is 0 Å². The Morgan fingerprint density at radius 3 is 2.76 bits per heavy atom. The number of benzene rings is 1. The van der Waals surface area contributed by atoms with Crippen LogP contribution < -0.4 is 4.72 Å². The molecule has 2 rings (SSSR count). The predicted octanol–water partition coefficient (Wildman–Crippen LogP) is 2.15. The Bertz CT molecular complexity index is 631. The zero-order valence-corrected chi connectivity index (χ0v) is 11.9. The van der Waals surface area contributed by atoms with Crippen molar-refractivity contribution in [1.29, 1.82) is 0 Å². The predicted molar refractivity (Wildman–Crippen MR) is 67.7 cm³/mol. The number of rotatable bonds is 3. The highest BCUT2D eigenvalue weighted by Gasteiger charge is 2.19. The molecule has 1 aromatic heterocycles. The molecule has 10 heteroatoms. The van der Waals surface area contributed by atoms with Crippen LogP contribution in [0.5, 0.6) is 0 Å². The Kier molecular flexibility index (Phi) is 3.61. The number of sulfonamides is 1. The van der Waals surface area contributed by atoms with Gasteiger partial charge in [0.25, 0.3) is 10.0 Å². The number of halogens is 2. The van der Waals surface area contributed by atoms with E-state index < -0.39 is 10.0 Å². The Morgan fingerprint density at radius 1 is 1.41 bits per heavy atom. The van der Waals surface area contributed by atoms with Gasteiger partial charge in [-0.25, -0.2) is 8.42 Å². The van der Waals surface area contributed by atoms with Gasteiger partial charge in [0.1, 0.15) is 4.90 Å². The molecule has 0 unspecified atom stereocenters. The lowest BCUT2D eigenvalue weighted by Crippen LogP contribution is -2.13. The molecular formula is C7H4BrClN4O2S2. The molecule has 0 fully saturated rings. The van der Waals surface area contributed by atoms with Gasteiger partial charge in [0.05, 0.1) is 5.02 Å². The molecule has 1 N–H and O–H groups in total. The van der Waals surface area contributed by atoms with Crippen LogP contribution in [0.15, 0.2) is 27.6 Å². The van der Waals surface area contributed by atoms with E-state index >= 15 is 0 Å². The number of nitrogens with zero attached hydrogens (tertiary/aromatic N) is 3. The van der Waals surface area contributed by atoms with E-state index in [1.54, 1.807) is 6.07 Å². The molecule has 0 aliphatic rings. The first-order chi connectivity index (χ1) is 7.99. The van der Waals surface area contributed by atoms with E-state index in [9.17, 15) is 8.42 Å². The largest absolute Gasteiger partial charge is 0.265 e. The first-order valence-corrected chi connectivity index (χ1v) is 7.55. The van der Waals surface area contributed by atoms with Crippen LogP contribution >= 0.6 is 39.1 Å². The highest BCUT2D eigenvalue weighted by Crippen LogP contribution is 2.26. The van der Waals surface area contributed by atoms with E-state index in [2.05, 4.69) is 35.5 Å². The van der Waals surface area contributed by atoms with Gasteiger partial charge >= 0.3 is 0 Å². The minimum absolute atomic E-state index is 0.0300. The van der Waals surface area contributed by atoms with Crippen molar-refractivity contribution in [2.75, 3.05) is 4.72 Å². The van der Waals surface area contributed by atoms with Crippen molar-refractivity contribution in [2.45, 2.75) is 4.90 Å². The average Bonchev–Trinajstić information content (AvgIpc) is 2.68. The monoisotopic (exact) mass is 354 g/mol. The first kappa shape index (κ1) is 12.7. The van der Waals surface area contributed by atoms with Gasteiger partial charge in [-0.05, 0) is 23.4 Å². The minimum Gasteiger partial charge on any atom is -0.252 e. The summed E-state index contributed by atoms with van der Waals surface area (Å²) in [6.45, 7) is 0. The summed E-state index contributed by atoms with van der Waals surface area (Å²) in [4.78, 5) is -0.0300. The maximum absolute atomic E-state index is 11.9. The second-order valence-electron chi connectivity index (χ2n) is 2.85. The Labute approximate surface area is 114 Å². The van der Waals surface area contributed by atoms with Gasteiger partial charge in [-0.3, -0.25) is 4.72 Å². The summed E-state index contributed by atoms with van der Waals surface area (Å²) >= 11 is 9.89. The fourth-order valence-corrected chi connectivity index (χ4v) is 3.66. The topological polar surface area (TPSA) is 84.8 Å². The molecule has 1 aromatic carbocycles. The van der Waals surface area contributed by atoms with E-state index in [0.29, 0.717) is 4.47 Å². The van der Waals surface area contributed by atoms with E-state index in [0.717, 1.165) is 11.5 Å². The molecule has 0 amide bonds. The highest BCUT2D eigenvalue weighted by molar-refractivity contribution is 9.10. The number of hydrogen-bond donors (Lipinski definition) is 1. The molecule has 0 aliphatic carbocycles. The van der Waals surface area contributed by atoms with Gasteiger partial charge in [-0.2, -0.15) is 0 Å². The number of aromatic nitrogens is 3. The van der Waals surface area contributed by atoms with Gasteiger partial charge in [-0.15, -0.1) is 0 Å². The Hall–Kier alpha value is -0.770. The van der Waals surface area contributed by atoms with Crippen LogP contribution in [-0.4, -0.2) is 23.2 Å². The Balaban J connectivity index is 2.38. The summed E-state index contributed by atoms with van der Waals surface area (Å²) in [6, 6.07) is 4.47. The summed E-state index contributed by atoms with van der Waals surface area (Å²) in [6.07, 6.45) is 0. The van der Waals surface area contributed by atoms with E-state index in [1.807, 2.05) is 0 Å². The highest BCUT2D eigenvalue weighted by atomic mass is 79.9. The molecule has 0 saturated carbocycles. The fraction of sp³-hybridized carbons (Fsp3) is 0. The van der Waals surface area contributed by atoms with E-state index in [4.69, 9.17) is 11.6 Å². The molecule has 2 aromatic rings. The quantitative estimate of drug-likeness (QED) is 0.912. The van der Waals surface area contributed by atoms with Crippen LogP contribution in [0.2, 0.25) is 5.02 Å². The minimum atomic E-state index is -3.77. The lowest BCUT2D eigenvalue weighted by atomic mass is 10.4. The molecule has 6 nitrogen and oxygen atoms in total. The molecule has 90 valence electrons. The molecule has 0 saturated heterocycles. The maximum Gasteiger partial charge on any atom is 0.265 e. The zero-order valence-electron chi connectivity index (χ0n) is 7.96. The molecule has 0 bridgehead atoms. The third kappa shape index (κ3) is 2.92. The number of hydrogen-bond acceptors (Lipinski definition) is 6. The van der Waals surface area contributed by atoms with Crippen LogP contribution in [0, 0.1) is 0 Å². The van der Waals surface area contributed by atoms with Crippen LogP contribution in [-0.2, 0) is 10.0 Å². The molecule has 0 spiro atoms. The second kappa shape index (κ2) is 4.84. The lowest BCUT2D eigenvalue weighted by Gasteiger charge is -2.06. The van der Waals surface area contributed by atoms with Gasteiger partial charge in [0.15, 0.2) is 0 Å². The zero-order chi connectivity index (χ0) is 12.5. The summed E-state index contributed by atoms with van der Waals surface area (Å²) in [7, 11) is -3.77. The summed E-state index contributed by atoms with van der Waals surface area (Å²) in [5.74, 6) is 0. The molecule has 1 heterocycles. The van der Waals surface area contributed by atoms with Crippen molar-refractivity contribution in [3.63, 3.8) is 0 Å². The first-order valence-electron chi connectivity index (χ1n) is 4.12. The lowest BCUT2D eigenvalue weighted by molar-refractivity contribution is 0.601. The molecular weight excluding hydrogens is 352 g/mol. The van der Waals surface area contributed by atoms with E-state index in [-0.39, 0.29) is 15.0 Å². The molecule has 0 aliphatic heterocycles. The van der Waals surface area contributed by atoms with Crippen molar-refractivity contribution in [1.82, 2.24) is 14.8 Å². The standard InChI is InChI=1S/C7H4BrClN4O2S2/c8-4-1-2-6(5(9)3-4)17(14,15)11-7-10-12-13-16-7/h1-3H,(H,10,11,13). The number of nitrogens with one attached hydrogen (secondary N) is 1. The van der Waals surface area contributed by atoms with Gasteiger partial charge in [0.2, 0.25) is 5.13 Å². The third-order valence-electron chi connectivity index (χ3n) is 1.70. The van der Waals surface area contributed by atoms with Crippen molar-refractivity contribution >= 4 is 54.2 Å². The molecule has 0 radical (unpaired) electrons. The molecule has 17 heavy (non-hydrogen) atoms. The van der Waals surface area contributed by atoms with Crippen molar-refractivity contribution in [2.24, 2.45) is 0 Å². The third-order valence-corrected chi connectivity index (χ3v) is 4.66. The summed E-state index contributed by atoms with van der Waals surface area (Å²) in [5, 5.41) is 6.98. The van der Waals surface area contributed by atoms with Crippen LogP contribution in [0.3, 0.4) is 0 Å². The smallest absolute Gasteiger partial charge is 0.252 e.